The molecule has 1 atom stereocenters. The highest BCUT2D eigenvalue weighted by Crippen LogP contribution is 2.24. The lowest BCUT2D eigenvalue weighted by atomic mass is 9.98. The topological polar surface area (TPSA) is 12.0 Å². The van der Waals surface area contributed by atoms with Gasteiger partial charge in [-0.15, -0.1) is 0 Å². The van der Waals surface area contributed by atoms with Gasteiger partial charge in [-0.25, -0.2) is 0 Å². The first-order valence-corrected chi connectivity index (χ1v) is 7.73. The summed E-state index contributed by atoms with van der Waals surface area (Å²) in [5.74, 6) is 0. The van der Waals surface area contributed by atoms with Gasteiger partial charge in [0.1, 0.15) is 0 Å². The molecule has 0 heterocycles. The number of aryl methyl sites for hydroxylation is 1. The second-order valence-electron chi connectivity index (χ2n) is 4.69. The lowest BCUT2D eigenvalue weighted by Crippen LogP contribution is -2.19. The van der Waals surface area contributed by atoms with Crippen molar-refractivity contribution in [1.29, 1.82) is 0 Å². The van der Waals surface area contributed by atoms with Crippen molar-refractivity contribution in [2.24, 2.45) is 0 Å². The van der Waals surface area contributed by atoms with E-state index in [9.17, 15) is 0 Å². The quantitative estimate of drug-likeness (QED) is 0.749. The van der Waals surface area contributed by atoms with Crippen LogP contribution in [0, 0.1) is 10.5 Å². The molecule has 0 aliphatic rings. The average Bonchev–Trinajstić information content (AvgIpc) is 2.39. The van der Waals surface area contributed by atoms with Crippen LogP contribution < -0.4 is 5.32 Å². The van der Waals surface area contributed by atoms with Crippen LogP contribution in [0.1, 0.15) is 22.7 Å². The maximum atomic E-state index is 6.31. The predicted molar refractivity (Wildman–Crippen MR) is 90.9 cm³/mol. The average molecular weight is 386 g/mol. The summed E-state index contributed by atoms with van der Waals surface area (Å²) < 4.78 is 1.25. The van der Waals surface area contributed by atoms with Gasteiger partial charge in [0, 0.05) is 14.6 Å². The zero-order valence-electron chi connectivity index (χ0n) is 11.1. The van der Waals surface area contributed by atoms with Crippen LogP contribution in [0.15, 0.2) is 42.5 Å². The van der Waals surface area contributed by atoms with E-state index in [2.05, 4.69) is 71.2 Å². The normalized spacial score (nSPS) is 12.4. The highest BCUT2D eigenvalue weighted by atomic mass is 127. The number of hydrogen-bond acceptors (Lipinski definition) is 1. The van der Waals surface area contributed by atoms with Gasteiger partial charge in [-0.05, 0) is 77.9 Å². The monoisotopic (exact) mass is 385 g/mol. The summed E-state index contributed by atoms with van der Waals surface area (Å²) in [6, 6.07) is 15.2. The van der Waals surface area contributed by atoms with E-state index in [1.165, 1.54) is 20.3 Å². The predicted octanol–water partition coefficient (Wildman–Crippen LogP) is 4.76. The van der Waals surface area contributed by atoms with E-state index in [0.29, 0.717) is 0 Å². The van der Waals surface area contributed by atoms with E-state index >= 15 is 0 Å². The van der Waals surface area contributed by atoms with Gasteiger partial charge in [0.05, 0.1) is 0 Å². The molecule has 2 rings (SSSR count). The Labute approximate surface area is 133 Å². The van der Waals surface area contributed by atoms with Crippen molar-refractivity contribution in [2.75, 3.05) is 7.05 Å². The second kappa shape index (κ2) is 6.73. The summed E-state index contributed by atoms with van der Waals surface area (Å²) in [4.78, 5) is 0. The summed E-state index contributed by atoms with van der Waals surface area (Å²) >= 11 is 8.64. The molecule has 3 heteroatoms. The van der Waals surface area contributed by atoms with Gasteiger partial charge < -0.3 is 5.32 Å². The molecule has 0 saturated carbocycles. The molecule has 19 heavy (non-hydrogen) atoms. The number of halogens is 2. The fourth-order valence-corrected chi connectivity index (χ4v) is 2.79. The van der Waals surface area contributed by atoms with Gasteiger partial charge in [0.15, 0.2) is 0 Å². The first-order valence-electron chi connectivity index (χ1n) is 6.28. The highest BCUT2D eigenvalue weighted by Gasteiger charge is 2.12. The SMILES string of the molecule is CNC(Cc1ccc(C)cc1Cl)c1ccc(I)cc1. The molecular weight excluding hydrogens is 369 g/mol. The molecule has 0 spiro atoms. The van der Waals surface area contributed by atoms with Crippen LogP contribution in [0.3, 0.4) is 0 Å². The van der Waals surface area contributed by atoms with E-state index in [0.717, 1.165) is 11.4 Å². The third-order valence-electron chi connectivity index (χ3n) is 3.25. The van der Waals surface area contributed by atoms with Crippen LogP contribution in [-0.2, 0) is 6.42 Å². The van der Waals surface area contributed by atoms with E-state index in [1.807, 2.05) is 13.1 Å². The molecule has 0 radical (unpaired) electrons. The standard InChI is InChI=1S/C16H17ClIN/c1-11-3-4-13(15(17)9-11)10-16(19-2)12-5-7-14(18)8-6-12/h3-9,16,19H,10H2,1-2H3. The van der Waals surface area contributed by atoms with Crippen LogP contribution in [0.25, 0.3) is 0 Å². The highest BCUT2D eigenvalue weighted by molar-refractivity contribution is 14.1. The van der Waals surface area contributed by atoms with Crippen molar-refractivity contribution in [3.8, 4) is 0 Å². The Morgan fingerprint density at radius 2 is 1.84 bits per heavy atom. The summed E-state index contributed by atoms with van der Waals surface area (Å²) in [6.07, 6.45) is 0.899. The van der Waals surface area contributed by atoms with Gasteiger partial charge in [0.2, 0.25) is 0 Å². The molecule has 0 aliphatic heterocycles. The van der Waals surface area contributed by atoms with Gasteiger partial charge in [-0.1, -0.05) is 35.9 Å². The van der Waals surface area contributed by atoms with Gasteiger partial charge in [-0.3, -0.25) is 0 Å². The Kier molecular flexibility index (Phi) is 5.25. The van der Waals surface area contributed by atoms with Crippen LogP contribution in [0.4, 0.5) is 0 Å². The van der Waals surface area contributed by atoms with Crippen molar-refractivity contribution in [1.82, 2.24) is 5.32 Å². The number of benzene rings is 2. The van der Waals surface area contributed by atoms with Crippen molar-refractivity contribution in [3.05, 3.63) is 67.7 Å². The Hall–Kier alpha value is -0.580. The summed E-state index contributed by atoms with van der Waals surface area (Å²) in [7, 11) is 1.99. The Morgan fingerprint density at radius 1 is 1.16 bits per heavy atom. The van der Waals surface area contributed by atoms with Crippen LogP contribution in [-0.4, -0.2) is 7.05 Å². The molecule has 2 aromatic carbocycles. The molecule has 0 bridgehead atoms. The molecule has 0 amide bonds. The maximum Gasteiger partial charge on any atom is 0.0441 e. The molecule has 2 aromatic rings. The largest absolute Gasteiger partial charge is 0.313 e. The molecule has 0 aromatic heterocycles. The first kappa shape index (κ1) is 14.8. The van der Waals surface area contributed by atoms with E-state index < -0.39 is 0 Å². The summed E-state index contributed by atoms with van der Waals surface area (Å²) in [6.45, 7) is 2.06. The van der Waals surface area contributed by atoms with E-state index in [1.54, 1.807) is 0 Å². The smallest absolute Gasteiger partial charge is 0.0441 e. The number of rotatable bonds is 4. The van der Waals surface area contributed by atoms with Crippen LogP contribution in [0.2, 0.25) is 5.02 Å². The molecule has 0 aliphatic carbocycles. The van der Waals surface area contributed by atoms with Crippen LogP contribution in [0.5, 0.6) is 0 Å². The van der Waals surface area contributed by atoms with Crippen molar-refractivity contribution >= 4 is 34.2 Å². The van der Waals surface area contributed by atoms with Crippen molar-refractivity contribution in [2.45, 2.75) is 19.4 Å². The maximum absolute atomic E-state index is 6.31. The minimum absolute atomic E-state index is 0.289. The molecule has 1 unspecified atom stereocenters. The zero-order valence-corrected chi connectivity index (χ0v) is 14.0. The van der Waals surface area contributed by atoms with E-state index in [4.69, 9.17) is 11.6 Å². The lowest BCUT2D eigenvalue weighted by Gasteiger charge is -2.18. The number of likely N-dealkylation sites (N-methyl/N-ethyl adjacent to an activating group) is 1. The fraction of sp³-hybridized carbons (Fsp3) is 0.250. The third-order valence-corrected chi connectivity index (χ3v) is 4.32. The molecule has 1 N–H and O–H groups in total. The minimum atomic E-state index is 0.289. The molecule has 1 nitrogen and oxygen atoms in total. The van der Waals surface area contributed by atoms with Gasteiger partial charge in [-0.2, -0.15) is 0 Å². The Bertz CT molecular complexity index is 551. The number of hydrogen-bond donors (Lipinski definition) is 1. The van der Waals surface area contributed by atoms with Gasteiger partial charge >= 0.3 is 0 Å². The second-order valence-corrected chi connectivity index (χ2v) is 6.34. The van der Waals surface area contributed by atoms with Gasteiger partial charge in [0.25, 0.3) is 0 Å². The van der Waals surface area contributed by atoms with Crippen molar-refractivity contribution in [3.63, 3.8) is 0 Å². The van der Waals surface area contributed by atoms with E-state index in [-0.39, 0.29) is 6.04 Å². The third kappa shape index (κ3) is 3.94. The summed E-state index contributed by atoms with van der Waals surface area (Å²) in [5, 5.41) is 4.22. The minimum Gasteiger partial charge on any atom is -0.313 e. The zero-order chi connectivity index (χ0) is 13.8. The molecule has 100 valence electrons. The number of nitrogens with one attached hydrogen (secondary N) is 1. The molecule has 0 saturated heterocycles. The molecule has 0 fully saturated rings. The lowest BCUT2D eigenvalue weighted by molar-refractivity contribution is 0.592. The van der Waals surface area contributed by atoms with Crippen LogP contribution >= 0.6 is 34.2 Å². The van der Waals surface area contributed by atoms with Crippen molar-refractivity contribution < 1.29 is 0 Å². The summed E-state index contributed by atoms with van der Waals surface area (Å²) in [5.41, 5.74) is 3.67. The molecular formula is C16H17ClIN. The Morgan fingerprint density at radius 3 is 2.42 bits per heavy atom. The fourth-order valence-electron chi connectivity index (χ4n) is 2.12. The first-order chi connectivity index (χ1) is 9.10. The Balaban J connectivity index is 2.21.